The highest BCUT2D eigenvalue weighted by Crippen LogP contribution is 2.35. The Kier molecular flexibility index (Phi) is 6.27. The number of hydrogen-bond acceptors (Lipinski definition) is 4. The largest absolute Gasteiger partial charge is 0.395 e. The zero-order valence-corrected chi connectivity index (χ0v) is 17.3. The highest BCUT2D eigenvalue weighted by atomic mass is 35.5. The van der Waals surface area contributed by atoms with Crippen LogP contribution in [-0.2, 0) is 13.0 Å². The summed E-state index contributed by atoms with van der Waals surface area (Å²) < 4.78 is 27.8. The summed E-state index contributed by atoms with van der Waals surface area (Å²) in [6.45, 7) is 2.14. The number of fused-ring (bicyclic) bond motifs is 1. The van der Waals surface area contributed by atoms with Gasteiger partial charge in [0.25, 0.3) is 5.91 Å². The van der Waals surface area contributed by atoms with E-state index in [1.807, 2.05) is 6.07 Å². The van der Waals surface area contributed by atoms with Crippen molar-refractivity contribution in [3.05, 3.63) is 82.1 Å². The Bertz CT molecular complexity index is 1140. The van der Waals surface area contributed by atoms with Gasteiger partial charge in [0.1, 0.15) is 5.69 Å². The second-order valence-corrected chi connectivity index (χ2v) is 7.65. The first-order valence-electron chi connectivity index (χ1n) is 9.84. The number of β-amino-alcohol motifs (C(OH)–C–C–N with tert-alkyl or cyclic N) is 1. The lowest BCUT2D eigenvalue weighted by atomic mass is 10.0. The number of hydrogen-bond donors (Lipinski definition) is 2. The number of carbonyl (C=O) groups is 1. The van der Waals surface area contributed by atoms with Crippen LogP contribution in [0.4, 0.5) is 14.5 Å². The zero-order chi connectivity index (χ0) is 22.0. The van der Waals surface area contributed by atoms with Gasteiger partial charge in [-0.05, 0) is 23.8 Å². The van der Waals surface area contributed by atoms with Gasteiger partial charge < -0.3 is 10.4 Å². The molecule has 3 aromatic rings. The molecule has 0 unspecified atom stereocenters. The molecule has 160 valence electrons. The van der Waals surface area contributed by atoms with Gasteiger partial charge in [-0.3, -0.25) is 9.69 Å². The van der Waals surface area contributed by atoms with Crippen molar-refractivity contribution in [2.24, 2.45) is 0 Å². The molecule has 8 heteroatoms. The molecule has 0 spiro atoms. The summed E-state index contributed by atoms with van der Waals surface area (Å²) in [6, 6.07) is 12.1. The Morgan fingerprint density at radius 1 is 1.13 bits per heavy atom. The van der Waals surface area contributed by atoms with E-state index in [1.54, 1.807) is 24.3 Å². The molecule has 0 saturated carbocycles. The lowest BCUT2D eigenvalue weighted by Crippen LogP contribution is -2.33. The summed E-state index contributed by atoms with van der Waals surface area (Å²) in [6.07, 6.45) is 0.686. The number of aliphatic hydroxyl groups excluding tert-OH is 1. The molecule has 0 saturated heterocycles. The van der Waals surface area contributed by atoms with E-state index in [2.05, 4.69) is 15.2 Å². The Hall–Kier alpha value is -2.87. The fraction of sp³-hybridized carbons (Fsp3) is 0.217. The SMILES string of the molecule is O=C(Nc1cccc(-c2cccc(F)c2F)c1Cl)c1ccc2c(n1)CCN(CCO)C2. The number of aromatic nitrogens is 1. The van der Waals surface area contributed by atoms with Gasteiger partial charge in [-0.15, -0.1) is 0 Å². The van der Waals surface area contributed by atoms with E-state index in [0.717, 1.165) is 23.9 Å². The van der Waals surface area contributed by atoms with Crippen molar-refractivity contribution >= 4 is 23.2 Å². The fourth-order valence-electron chi connectivity index (χ4n) is 3.67. The summed E-state index contributed by atoms with van der Waals surface area (Å²) in [5, 5.41) is 11.9. The molecule has 2 aromatic carbocycles. The number of halogens is 3. The third-order valence-corrected chi connectivity index (χ3v) is 5.67. The van der Waals surface area contributed by atoms with Crippen molar-refractivity contribution in [1.82, 2.24) is 9.88 Å². The average molecular weight is 444 g/mol. The standard InChI is InChI=1S/C23H20ClF2N3O2/c24-21-15(16-4-1-5-17(25)22(16)26)3-2-6-19(21)28-23(31)20-8-7-14-13-29(11-12-30)10-9-18(14)27-20/h1-8,30H,9-13H2,(H,28,31). The Balaban J connectivity index is 1.57. The van der Waals surface area contributed by atoms with Crippen LogP contribution in [-0.4, -0.2) is 40.6 Å². The summed E-state index contributed by atoms with van der Waals surface area (Å²) in [7, 11) is 0. The van der Waals surface area contributed by atoms with Gasteiger partial charge in [-0.25, -0.2) is 13.8 Å². The van der Waals surface area contributed by atoms with Gasteiger partial charge in [0.05, 0.1) is 17.3 Å². The first-order valence-corrected chi connectivity index (χ1v) is 10.2. The van der Waals surface area contributed by atoms with Crippen LogP contribution in [0.3, 0.4) is 0 Å². The van der Waals surface area contributed by atoms with E-state index in [9.17, 15) is 13.6 Å². The van der Waals surface area contributed by atoms with Crippen LogP contribution in [0.5, 0.6) is 0 Å². The van der Waals surface area contributed by atoms with Crippen LogP contribution < -0.4 is 5.32 Å². The van der Waals surface area contributed by atoms with Crippen molar-refractivity contribution in [1.29, 1.82) is 0 Å². The van der Waals surface area contributed by atoms with E-state index in [0.29, 0.717) is 19.5 Å². The number of benzene rings is 2. The molecule has 31 heavy (non-hydrogen) atoms. The van der Waals surface area contributed by atoms with Gasteiger partial charge in [-0.1, -0.05) is 41.9 Å². The number of pyridine rings is 1. The predicted molar refractivity (Wildman–Crippen MR) is 115 cm³/mol. The van der Waals surface area contributed by atoms with E-state index >= 15 is 0 Å². The zero-order valence-electron chi connectivity index (χ0n) is 16.5. The molecular formula is C23H20ClF2N3O2. The fourth-order valence-corrected chi connectivity index (χ4v) is 3.94. The summed E-state index contributed by atoms with van der Waals surface area (Å²) in [4.78, 5) is 19.4. The Morgan fingerprint density at radius 3 is 2.71 bits per heavy atom. The van der Waals surface area contributed by atoms with Crippen LogP contribution in [0.25, 0.3) is 11.1 Å². The third kappa shape index (κ3) is 4.44. The number of carbonyl (C=O) groups excluding carboxylic acids is 1. The molecule has 2 heterocycles. The van der Waals surface area contributed by atoms with Gasteiger partial charge in [-0.2, -0.15) is 0 Å². The molecule has 0 aliphatic carbocycles. The van der Waals surface area contributed by atoms with Crippen LogP contribution in [0, 0.1) is 11.6 Å². The molecule has 1 aliphatic rings. The third-order valence-electron chi connectivity index (χ3n) is 5.26. The monoisotopic (exact) mass is 443 g/mol. The molecule has 1 aliphatic heterocycles. The Labute approximate surface area is 183 Å². The summed E-state index contributed by atoms with van der Waals surface area (Å²) in [5.74, 6) is -2.42. The Morgan fingerprint density at radius 2 is 1.90 bits per heavy atom. The van der Waals surface area contributed by atoms with Gasteiger partial charge in [0.2, 0.25) is 0 Å². The number of rotatable bonds is 5. The van der Waals surface area contributed by atoms with E-state index in [1.165, 1.54) is 12.1 Å². The maximum atomic E-state index is 14.2. The molecule has 0 fully saturated rings. The van der Waals surface area contributed by atoms with E-state index in [4.69, 9.17) is 16.7 Å². The second-order valence-electron chi connectivity index (χ2n) is 7.27. The molecule has 0 atom stereocenters. The first kappa shape index (κ1) is 21.4. The molecule has 4 rings (SSSR count). The number of nitrogens with one attached hydrogen (secondary N) is 1. The van der Waals surface area contributed by atoms with Crippen LogP contribution in [0.15, 0.2) is 48.5 Å². The number of aliphatic hydroxyl groups is 1. The number of amides is 1. The molecule has 1 amide bonds. The highest BCUT2D eigenvalue weighted by molar-refractivity contribution is 6.36. The van der Waals surface area contributed by atoms with Crippen molar-refractivity contribution in [3.63, 3.8) is 0 Å². The van der Waals surface area contributed by atoms with E-state index < -0.39 is 17.5 Å². The predicted octanol–water partition coefficient (Wildman–Crippen LogP) is 4.28. The first-order chi connectivity index (χ1) is 15.0. The van der Waals surface area contributed by atoms with Crippen LogP contribution in [0.2, 0.25) is 5.02 Å². The normalized spacial score (nSPS) is 13.7. The topological polar surface area (TPSA) is 65.5 Å². The van der Waals surface area contributed by atoms with Crippen molar-refractivity contribution < 1.29 is 18.7 Å². The van der Waals surface area contributed by atoms with Crippen LogP contribution >= 0.6 is 11.6 Å². The van der Waals surface area contributed by atoms with Crippen molar-refractivity contribution in [2.45, 2.75) is 13.0 Å². The van der Waals surface area contributed by atoms with Crippen molar-refractivity contribution in [2.75, 3.05) is 25.0 Å². The molecular weight excluding hydrogens is 424 g/mol. The second kappa shape index (κ2) is 9.09. The lowest BCUT2D eigenvalue weighted by molar-refractivity contribution is 0.102. The number of anilines is 1. The molecule has 5 nitrogen and oxygen atoms in total. The van der Waals surface area contributed by atoms with Gasteiger partial charge in [0, 0.05) is 42.9 Å². The van der Waals surface area contributed by atoms with Gasteiger partial charge >= 0.3 is 0 Å². The van der Waals surface area contributed by atoms with Crippen molar-refractivity contribution in [3.8, 4) is 11.1 Å². The summed E-state index contributed by atoms with van der Waals surface area (Å²) >= 11 is 6.41. The minimum Gasteiger partial charge on any atom is -0.395 e. The lowest BCUT2D eigenvalue weighted by Gasteiger charge is -2.27. The number of nitrogens with zero attached hydrogens (tertiary/aromatic N) is 2. The summed E-state index contributed by atoms with van der Waals surface area (Å²) in [5.41, 5.74) is 2.69. The highest BCUT2D eigenvalue weighted by Gasteiger charge is 2.20. The molecule has 0 bridgehead atoms. The minimum atomic E-state index is -1.00. The quantitative estimate of drug-likeness (QED) is 0.617. The van der Waals surface area contributed by atoms with E-state index in [-0.39, 0.29) is 34.1 Å². The molecule has 1 aromatic heterocycles. The maximum absolute atomic E-state index is 14.2. The van der Waals surface area contributed by atoms with Crippen LogP contribution in [0.1, 0.15) is 21.7 Å². The minimum absolute atomic E-state index is 0.0143. The molecule has 0 radical (unpaired) electrons. The molecule has 2 N–H and O–H groups in total. The maximum Gasteiger partial charge on any atom is 0.274 e. The average Bonchev–Trinajstić information content (AvgIpc) is 2.77. The smallest absolute Gasteiger partial charge is 0.274 e. The van der Waals surface area contributed by atoms with Gasteiger partial charge in [0.15, 0.2) is 11.6 Å².